The smallest absolute Gasteiger partial charge is 0.0237 e. The summed E-state index contributed by atoms with van der Waals surface area (Å²) < 4.78 is 0. The fourth-order valence-corrected chi connectivity index (χ4v) is 3.08. The molecule has 1 heterocycles. The van der Waals surface area contributed by atoms with Crippen LogP contribution in [0.5, 0.6) is 0 Å². The second-order valence-electron chi connectivity index (χ2n) is 5.48. The monoisotopic (exact) mass is 230 g/mol. The van der Waals surface area contributed by atoms with Crippen LogP contribution in [0.25, 0.3) is 0 Å². The summed E-state index contributed by atoms with van der Waals surface area (Å²) in [6, 6.07) is 7.79. The zero-order valence-corrected chi connectivity index (χ0v) is 10.7. The van der Waals surface area contributed by atoms with Gasteiger partial charge in [0.1, 0.15) is 0 Å². The highest BCUT2D eigenvalue weighted by Gasteiger charge is 2.18. The Morgan fingerprint density at radius 2 is 2.18 bits per heavy atom. The van der Waals surface area contributed by atoms with Gasteiger partial charge in [-0.15, -0.1) is 0 Å². The van der Waals surface area contributed by atoms with E-state index in [-0.39, 0.29) is 0 Å². The van der Waals surface area contributed by atoms with Crippen LogP contribution in [0.3, 0.4) is 0 Å². The summed E-state index contributed by atoms with van der Waals surface area (Å²) in [6.07, 6.45) is 3.93. The van der Waals surface area contributed by atoms with E-state index in [2.05, 4.69) is 35.3 Å². The number of aryl methyl sites for hydroxylation is 2. The Morgan fingerprint density at radius 3 is 3.06 bits per heavy atom. The molecular weight excluding hydrogens is 208 g/mol. The summed E-state index contributed by atoms with van der Waals surface area (Å²) >= 11 is 0. The molecule has 3 rings (SSSR count). The van der Waals surface area contributed by atoms with Crippen LogP contribution >= 0.6 is 0 Å². The van der Waals surface area contributed by atoms with Gasteiger partial charge in [-0.05, 0) is 42.9 Å². The lowest BCUT2D eigenvalue weighted by Gasteiger charge is -2.34. The van der Waals surface area contributed by atoms with Crippen molar-refractivity contribution >= 4 is 0 Å². The third-order valence-corrected chi connectivity index (χ3v) is 4.19. The number of rotatable bonds is 2. The van der Waals surface area contributed by atoms with Gasteiger partial charge in [-0.1, -0.05) is 18.2 Å². The molecule has 2 aliphatic rings. The lowest BCUT2D eigenvalue weighted by Crippen LogP contribution is -2.49. The lowest BCUT2D eigenvalue weighted by atomic mass is 10.1. The molecule has 17 heavy (non-hydrogen) atoms. The maximum Gasteiger partial charge on any atom is 0.0237 e. The third kappa shape index (κ3) is 2.38. The third-order valence-electron chi connectivity index (χ3n) is 4.19. The summed E-state index contributed by atoms with van der Waals surface area (Å²) in [4.78, 5) is 2.59. The molecule has 1 aliphatic carbocycles. The summed E-state index contributed by atoms with van der Waals surface area (Å²) in [5.41, 5.74) is 4.69. The fourth-order valence-electron chi connectivity index (χ4n) is 3.08. The molecule has 1 saturated heterocycles. The van der Waals surface area contributed by atoms with Crippen molar-refractivity contribution in [1.82, 2.24) is 10.2 Å². The van der Waals surface area contributed by atoms with E-state index >= 15 is 0 Å². The van der Waals surface area contributed by atoms with E-state index in [1.54, 1.807) is 11.1 Å². The molecule has 0 saturated carbocycles. The van der Waals surface area contributed by atoms with Crippen LogP contribution in [0.1, 0.15) is 30.0 Å². The van der Waals surface area contributed by atoms with E-state index in [9.17, 15) is 0 Å². The highest BCUT2D eigenvalue weighted by molar-refractivity contribution is 5.35. The molecule has 0 amide bonds. The molecule has 0 bridgehead atoms. The highest BCUT2D eigenvalue weighted by Crippen LogP contribution is 2.23. The van der Waals surface area contributed by atoms with Crippen molar-refractivity contribution < 1.29 is 0 Å². The summed E-state index contributed by atoms with van der Waals surface area (Å²) in [5.74, 6) is 0. The van der Waals surface area contributed by atoms with E-state index in [1.807, 2.05) is 0 Å². The largest absolute Gasteiger partial charge is 0.314 e. The standard InChI is InChI=1S/C15H22N2/c1-12-10-16-7-8-17(12)11-13-5-6-14-3-2-4-15(14)9-13/h5-6,9,12,16H,2-4,7-8,10-11H2,1H3. The number of fused-ring (bicyclic) bond motifs is 1. The van der Waals surface area contributed by atoms with Gasteiger partial charge in [0.25, 0.3) is 0 Å². The molecule has 1 aliphatic heterocycles. The first-order chi connectivity index (χ1) is 8.33. The van der Waals surface area contributed by atoms with Gasteiger partial charge in [0, 0.05) is 32.2 Å². The number of hydrogen-bond acceptors (Lipinski definition) is 2. The van der Waals surface area contributed by atoms with Crippen LogP contribution in [0.4, 0.5) is 0 Å². The number of nitrogens with one attached hydrogen (secondary N) is 1. The average Bonchev–Trinajstić information content (AvgIpc) is 2.79. The molecule has 1 N–H and O–H groups in total. The minimum Gasteiger partial charge on any atom is -0.314 e. The van der Waals surface area contributed by atoms with E-state index in [4.69, 9.17) is 0 Å². The maximum atomic E-state index is 3.45. The van der Waals surface area contributed by atoms with Gasteiger partial charge in [-0.25, -0.2) is 0 Å². The molecule has 1 unspecified atom stereocenters. The molecule has 1 fully saturated rings. The van der Waals surface area contributed by atoms with Gasteiger partial charge in [-0.3, -0.25) is 4.90 Å². The lowest BCUT2D eigenvalue weighted by molar-refractivity contribution is 0.165. The zero-order chi connectivity index (χ0) is 11.7. The van der Waals surface area contributed by atoms with Crippen LogP contribution in [0, 0.1) is 0 Å². The van der Waals surface area contributed by atoms with E-state index in [1.165, 1.54) is 31.4 Å². The second-order valence-corrected chi connectivity index (χ2v) is 5.48. The fraction of sp³-hybridized carbons (Fsp3) is 0.600. The van der Waals surface area contributed by atoms with Crippen molar-refractivity contribution in [3.8, 4) is 0 Å². The minimum absolute atomic E-state index is 0.664. The molecule has 1 atom stereocenters. The first-order valence-electron chi connectivity index (χ1n) is 6.88. The van der Waals surface area contributed by atoms with Gasteiger partial charge < -0.3 is 5.32 Å². The number of benzene rings is 1. The van der Waals surface area contributed by atoms with Crippen molar-refractivity contribution in [2.75, 3.05) is 19.6 Å². The highest BCUT2D eigenvalue weighted by atomic mass is 15.2. The Balaban J connectivity index is 1.72. The van der Waals surface area contributed by atoms with Crippen LogP contribution < -0.4 is 5.32 Å². The Bertz CT molecular complexity index is 400. The quantitative estimate of drug-likeness (QED) is 0.835. The van der Waals surface area contributed by atoms with Crippen LogP contribution in [0.2, 0.25) is 0 Å². The van der Waals surface area contributed by atoms with Crippen molar-refractivity contribution in [2.24, 2.45) is 0 Å². The minimum atomic E-state index is 0.664. The number of nitrogens with zero attached hydrogens (tertiary/aromatic N) is 1. The number of hydrogen-bond donors (Lipinski definition) is 1. The Hall–Kier alpha value is -0.860. The summed E-state index contributed by atoms with van der Waals surface area (Å²) in [7, 11) is 0. The molecule has 0 aromatic heterocycles. The van der Waals surface area contributed by atoms with Crippen LogP contribution in [-0.4, -0.2) is 30.6 Å². The van der Waals surface area contributed by atoms with Crippen molar-refractivity contribution in [3.05, 3.63) is 34.9 Å². The van der Waals surface area contributed by atoms with Crippen molar-refractivity contribution in [3.63, 3.8) is 0 Å². The van der Waals surface area contributed by atoms with Gasteiger partial charge in [0.2, 0.25) is 0 Å². The molecule has 0 spiro atoms. The van der Waals surface area contributed by atoms with Gasteiger partial charge >= 0.3 is 0 Å². The molecular formula is C15H22N2. The topological polar surface area (TPSA) is 15.3 Å². The zero-order valence-electron chi connectivity index (χ0n) is 10.7. The molecule has 0 radical (unpaired) electrons. The van der Waals surface area contributed by atoms with Gasteiger partial charge in [-0.2, -0.15) is 0 Å². The average molecular weight is 230 g/mol. The predicted molar refractivity (Wildman–Crippen MR) is 71.2 cm³/mol. The van der Waals surface area contributed by atoms with E-state index in [0.29, 0.717) is 6.04 Å². The van der Waals surface area contributed by atoms with Crippen LogP contribution in [0.15, 0.2) is 18.2 Å². The van der Waals surface area contributed by atoms with Gasteiger partial charge in [0.05, 0.1) is 0 Å². The van der Waals surface area contributed by atoms with Crippen molar-refractivity contribution in [2.45, 2.75) is 38.8 Å². The first kappa shape index (κ1) is 11.2. The summed E-state index contributed by atoms with van der Waals surface area (Å²) in [6.45, 7) is 6.88. The first-order valence-corrected chi connectivity index (χ1v) is 6.88. The molecule has 1 aromatic rings. The Labute approximate surface area is 104 Å². The van der Waals surface area contributed by atoms with Gasteiger partial charge in [0.15, 0.2) is 0 Å². The second kappa shape index (κ2) is 4.79. The van der Waals surface area contributed by atoms with Crippen molar-refractivity contribution in [1.29, 1.82) is 0 Å². The SMILES string of the molecule is CC1CNCCN1Cc1ccc2c(c1)CCC2. The maximum absolute atomic E-state index is 3.45. The predicted octanol–water partition coefficient (Wildman–Crippen LogP) is 1.97. The molecule has 2 nitrogen and oxygen atoms in total. The normalized spacial score (nSPS) is 24.9. The molecule has 2 heteroatoms. The summed E-state index contributed by atoms with van der Waals surface area (Å²) in [5, 5.41) is 3.45. The molecule has 1 aromatic carbocycles. The Morgan fingerprint density at radius 1 is 1.29 bits per heavy atom. The Kier molecular flexibility index (Phi) is 3.17. The molecule has 92 valence electrons. The van der Waals surface area contributed by atoms with E-state index < -0.39 is 0 Å². The van der Waals surface area contributed by atoms with Crippen LogP contribution in [-0.2, 0) is 19.4 Å². The van der Waals surface area contributed by atoms with E-state index in [0.717, 1.165) is 19.6 Å². The number of piperazine rings is 1.